The Morgan fingerprint density at radius 2 is 1.79 bits per heavy atom. The lowest BCUT2D eigenvalue weighted by molar-refractivity contribution is -0.147. The molecular weight excluding hydrogens is 184 g/mol. The van der Waals surface area contributed by atoms with Crippen LogP contribution in [0.2, 0.25) is 0 Å². The van der Waals surface area contributed by atoms with Gasteiger partial charge >= 0.3 is 5.97 Å². The fourth-order valence-electron chi connectivity index (χ4n) is 1.48. The molecule has 14 heavy (non-hydrogen) atoms. The third kappa shape index (κ3) is 1.38. The number of esters is 1. The smallest absolute Gasteiger partial charge is 0.338 e. The van der Waals surface area contributed by atoms with Crippen molar-refractivity contribution in [3.05, 3.63) is 35.9 Å². The molecular formula is C10H10O4. The lowest BCUT2D eigenvalue weighted by Gasteiger charge is -2.13. The molecule has 2 N–H and O–H groups in total. The number of carbonyl (C=O) groups is 1. The number of cyclic esters (lactones) is 1. The van der Waals surface area contributed by atoms with Crippen LogP contribution in [0.3, 0.4) is 0 Å². The van der Waals surface area contributed by atoms with E-state index in [4.69, 9.17) is 4.74 Å². The Hall–Kier alpha value is -1.39. The first-order valence-electron chi connectivity index (χ1n) is 4.32. The summed E-state index contributed by atoms with van der Waals surface area (Å²) in [5.41, 5.74) is 0.685. The van der Waals surface area contributed by atoms with Crippen molar-refractivity contribution in [2.45, 2.75) is 18.3 Å². The van der Waals surface area contributed by atoms with Gasteiger partial charge < -0.3 is 14.9 Å². The lowest BCUT2D eigenvalue weighted by Crippen LogP contribution is -2.27. The van der Waals surface area contributed by atoms with Crippen LogP contribution in [0.15, 0.2) is 30.3 Å². The van der Waals surface area contributed by atoms with Crippen molar-refractivity contribution in [3.63, 3.8) is 0 Å². The number of carbonyl (C=O) groups excluding carboxylic acids is 1. The van der Waals surface area contributed by atoms with E-state index < -0.39 is 24.3 Å². The van der Waals surface area contributed by atoms with Gasteiger partial charge in [0.1, 0.15) is 6.10 Å². The van der Waals surface area contributed by atoms with Crippen LogP contribution < -0.4 is 0 Å². The van der Waals surface area contributed by atoms with E-state index in [1.165, 1.54) is 0 Å². The van der Waals surface area contributed by atoms with Crippen molar-refractivity contribution in [2.24, 2.45) is 0 Å². The molecule has 0 unspecified atom stereocenters. The SMILES string of the molecule is O=C1O[C@H](c2ccccc2)[C@H](O)[C@H]1O. The van der Waals surface area contributed by atoms with Crippen molar-refractivity contribution >= 4 is 5.97 Å². The predicted octanol–water partition coefficient (Wildman–Crippen LogP) is 0.00630. The Morgan fingerprint density at radius 3 is 2.29 bits per heavy atom. The molecule has 4 heteroatoms. The zero-order valence-electron chi connectivity index (χ0n) is 7.33. The van der Waals surface area contributed by atoms with E-state index in [1.807, 2.05) is 6.07 Å². The normalized spacial score (nSPS) is 31.6. The Balaban J connectivity index is 2.26. The minimum absolute atomic E-state index is 0.685. The maximum atomic E-state index is 10.9. The highest BCUT2D eigenvalue weighted by atomic mass is 16.6. The first kappa shape index (κ1) is 9.18. The summed E-state index contributed by atoms with van der Waals surface area (Å²) >= 11 is 0. The summed E-state index contributed by atoms with van der Waals surface area (Å²) in [6.07, 6.45) is -3.36. The van der Waals surface area contributed by atoms with Gasteiger partial charge in [0.2, 0.25) is 0 Å². The Morgan fingerprint density at radius 1 is 1.14 bits per heavy atom. The third-order valence-electron chi connectivity index (χ3n) is 2.25. The highest BCUT2D eigenvalue weighted by Crippen LogP contribution is 2.29. The molecule has 1 fully saturated rings. The maximum absolute atomic E-state index is 10.9. The largest absolute Gasteiger partial charge is 0.453 e. The van der Waals surface area contributed by atoms with Crippen LogP contribution in [0.25, 0.3) is 0 Å². The van der Waals surface area contributed by atoms with Gasteiger partial charge in [0.15, 0.2) is 12.2 Å². The van der Waals surface area contributed by atoms with E-state index in [0.717, 1.165) is 0 Å². The molecule has 1 aromatic carbocycles. The van der Waals surface area contributed by atoms with E-state index in [0.29, 0.717) is 5.56 Å². The molecule has 1 aromatic rings. The quantitative estimate of drug-likeness (QED) is 0.618. The van der Waals surface area contributed by atoms with Gasteiger partial charge in [-0.05, 0) is 5.56 Å². The lowest BCUT2D eigenvalue weighted by atomic mass is 10.0. The molecule has 0 aromatic heterocycles. The predicted molar refractivity (Wildman–Crippen MR) is 47.3 cm³/mol. The number of ether oxygens (including phenoxy) is 1. The van der Waals surface area contributed by atoms with Crippen LogP contribution in [0, 0.1) is 0 Å². The van der Waals surface area contributed by atoms with Gasteiger partial charge in [-0.25, -0.2) is 4.79 Å². The molecule has 1 aliphatic rings. The summed E-state index contributed by atoms with van der Waals surface area (Å²) < 4.78 is 4.83. The van der Waals surface area contributed by atoms with Gasteiger partial charge in [-0.3, -0.25) is 0 Å². The van der Waals surface area contributed by atoms with Crippen LogP contribution in [0.5, 0.6) is 0 Å². The average Bonchev–Trinajstić information content (AvgIpc) is 2.47. The molecule has 0 aliphatic carbocycles. The highest BCUT2D eigenvalue weighted by molar-refractivity contribution is 5.78. The second-order valence-electron chi connectivity index (χ2n) is 3.20. The van der Waals surface area contributed by atoms with Crippen LogP contribution in [-0.2, 0) is 9.53 Å². The third-order valence-corrected chi connectivity index (χ3v) is 2.25. The molecule has 0 spiro atoms. The summed E-state index contributed by atoms with van der Waals surface area (Å²) in [5, 5.41) is 18.7. The zero-order valence-corrected chi connectivity index (χ0v) is 7.33. The summed E-state index contributed by atoms with van der Waals surface area (Å²) in [4.78, 5) is 10.9. The molecule has 74 valence electrons. The van der Waals surface area contributed by atoms with Gasteiger partial charge in [-0.2, -0.15) is 0 Å². The topological polar surface area (TPSA) is 66.8 Å². The van der Waals surface area contributed by atoms with Crippen LogP contribution in [0.1, 0.15) is 11.7 Å². The number of hydrogen-bond donors (Lipinski definition) is 2. The van der Waals surface area contributed by atoms with Gasteiger partial charge in [-0.15, -0.1) is 0 Å². The van der Waals surface area contributed by atoms with Crippen LogP contribution in [-0.4, -0.2) is 28.4 Å². The summed E-state index contributed by atoms with van der Waals surface area (Å²) in [6.45, 7) is 0. The second-order valence-corrected chi connectivity index (χ2v) is 3.20. The van der Waals surface area contributed by atoms with Crippen LogP contribution >= 0.6 is 0 Å². The van der Waals surface area contributed by atoms with Gasteiger partial charge in [-0.1, -0.05) is 30.3 Å². The number of benzene rings is 1. The molecule has 1 aliphatic heterocycles. The Bertz CT molecular complexity index is 335. The molecule has 4 nitrogen and oxygen atoms in total. The van der Waals surface area contributed by atoms with Crippen molar-refractivity contribution in [3.8, 4) is 0 Å². The molecule has 3 atom stereocenters. The van der Waals surface area contributed by atoms with Gasteiger partial charge in [0.05, 0.1) is 0 Å². The summed E-state index contributed by atoms with van der Waals surface area (Å²) in [7, 11) is 0. The average molecular weight is 194 g/mol. The number of rotatable bonds is 1. The maximum Gasteiger partial charge on any atom is 0.338 e. The molecule has 1 saturated heterocycles. The highest BCUT2D eigenvalue weighted by Gasteiger charge is 2.43. The molecule has 0 radical (unpaired) electrons. The number of aliphatic hydroxyl groups excluding tert-OH is 2. The Kier molecular flexibility index (Phi) is 2.23. The number of aliphatic hydroxyl groups is 2. The number of hydrogen-bond acceptors (Lipinski definition) is 4. The first-order chi connectivity index (χ1) is 6.70. The second kappa shape index (κ2) is 3.40. The molecule has 0 amide bonds. The Labute approximate surface area is 80.7 Å². The van der Waals surface area contributed by atoms with E-state index in [1.54, 1.807) is 24.3 Å². The molecule has 0 bridgehead atoms. The van der Waals surface area contributed by atoms with Gasteiger partial charge in [0, 0.05) is 0 Å². The van der Waals surface area contributed by atoms with Crippen LogP contribution in [0.4, 0.5) is 0 Å². The van der Waals surface area contributed by atoms with E-state index in [2.05, 4.69) is 0 Å². The summed E-state index contributed by atoms with van der Waals surface area (Å²) in [6, 6.07) is 8.85. The van der Waals surface area contributed by atoms with Crippen molar-refractivity contribution in [1.29, 1.82) is 0 Å². The summed E-state index contributed by atoms with van der Waals surface area (Å²) in [5.74, 6) is -0.772. The molecule has 0 saturated carbocycles. The fraction of sp³-hybridized carbons (Fsp3) is 0.300. The minimum atomic E-state index is -1.43. The monoisotopic (exact) mass is 194 g/mol. The van der Waals surface area contributed by atoms with Crippen molar-refractivity contribution in [1.82, 2.24) is 0 Å². The minimum Gasteiger partial charge on any atom is -0.453 e. The van der Waals surface area contributed by atoms with Gasteiger partial charge in [0.25, 0.3) is 0 Å². The van der Waals surface area contributed by atoms with E-state index in [9.17, 15) is 15.0 Å². The van der Waals surface area contributed by atoms with E-state index >= 15 is 0 Å². The standard InChI is InChI=1S/C10H10O4/c11-7-8(12)10(13)14-9(7)6-4-2-1-3-5-6/h1-5,7-9,11-12H/t7-,8-,9-/m1/s1. The van der Waals surface area contributed by atoms with E-state index in [-0.39, 0.29) is 0 Å². The fourth-order valence-corrected chi connectivity index (χ4v) is 1.48. The zero-order chi connectivity index (χ0) is 10.1. The van der Waals surface area contributed by atoms with Crippen molar-refractivity contribution in [2.75, 3.05) is 0 Å². The van der Waals surface area contributed by atoms with Crippen molar-refractivity contribution < 1.29 is 19.7 Å². The molecule has 2 rings (SSSR count). The molecule has 1 heterocycles. The first-order valence-corrected chi connectivity index (χ1v) is 4.32.